The van der Waals surface area contributed by atoms with E-state index in [4.69, 9.17) is 4.74 Å². The molecule has 2 aliphatic heterocycles. The molecule has 1 amide bonds. The third-order valence-corrected chi connectivity index (χ3v) is 4.38. The molecule has 0 N–H and O–H groups in total. The largest absolute Gasteiger partial charge is 0.473 e. The second-order valence-electron chi connectivity index (χ2n) is 3.82. The Morgan fingerprint density at radius 1 is 1.64 bits per heavy atom. The number of rotatable bonds is 0. The third-order valence-electron chi connectivity index (χ3n) is 2.64. The molecule has 11 heavy (non-hydrogen) atoms. The smallest absolute Gasteiger partial charge is 0.408 e. The first-order chi connectivity index (χ1) is 5.11. The SMILES string of the molecule is O=C1O[C]([AlH2])([AlH2])C2CCCN12. The highest BCUT2D eigenvalue weighted by atomic mass is 27.1. The van der Waals surface area contributed by atoms with Crippen LogP contribution in [0.5, 0.6) is 0 Å². The lowest BCUT2D eigenvalue weighted by atomic mass is 10.2. The molecule has 1 atom stereocenters. The van der Waals surface area contributed by atoms with Crippen molar-refractivity contribution in [2.75, 3.05) is 6.54 Å². The zero-order chi connectivity index (χ0) is 8.06. The number of carbonyl (C=O) groups is 1. The number of hydrogen-bond donors (Lipinski definition) is 0. The van der Waals surface area contributed by atoms with Gasteiger partial charge in [-0.2, -0.15) is 0 Å². The van der Waals surface area contributed by atoms with Gasteiger partial charge in [-0.05, 0) is 12.8 Å². The minimum absolute atomic E-state index is 0.0214. The van der Waals surface area contributed by atoms with Crippen molar-refractivity contribution in [3.8, 4) is 0 Å². The molecule has 2 aliphatic rings. The van der Waals surface area contributed by atoms with Gasteiger partial charge in [0, 0.05) is 15.9 Å². The van der Waals surface area contributed by atoms with Crippen LogP contribution >= 0.6 is 0 Å². The first kappa shape index (κ1) is 7.96. The average molecular weight is 183 g/mol. The quantitative estimate of drug-likeness (QED) is 0.429. The van der Waals surface area contributed by atoms with Crippen molar-refractivity contribution >= 4 is 38.7 Å². The van der Waals surface area contributed by atoms with Crippen LogP contribution in [0, 0.1) is 0 Å². The van der Waals surface area contributed by atoms with Crippen LogP contribution in [0.2, 0.25) is 0 Å². The Morgan fingerprint density at radius 3 is 3.00 bits per heavy atom. The Labute approximate surface area is 81.9 Å². The monoisotopic (exact) mass is 183 g/mol. The van der Waals surface area contributed by atoms with Gasteiger partial charge >= 0.3 is 6.09 Å². The lowest BCUT2D eigenvalue weighted by molar-refractivity contribution is 0.140. The Balaban J connectivity index is 2.27. The van der Waals surface area contributed by atoms with Crippen molar-refractivity contribution in [2.24, 2.45) is 0 Å². The first-order valence-corrected chi connectivity index (χ1v) is 6.11. The molecular weight excluding hydrogens is 172 g/mol. The van der Waals surface area contributed by atoms with E-state index in [0.717, 1.165) is 39.1 Å². The third kappa shape index (κ3) is 1.12. The van der Waals surface area contributed by atoms with Crippen molar-refractivity contribution in [2.45, 2.75) is 22.2 Å². The summed E-state index contributed by atoms with van der Waals surface area (Å²) in [6, 6.07) is 0.452. The maximum Gasteiger partial charge on any atom is 0.408 e. The van der Waals surface area contributed by atoms with Gasteiger partial charge in [-0.25, -0.2) is 4.79 Å². The maximum absolute atomic E-state index is 11.2. The fourth-order valence-electron chi connectivity index (χ4n) is 2.06. The van der Waals surface area contributed by atoms with Gasteiger partial charge in [0.25, 0.3) is 32.6 Å². The van der Waals surface area contributed by atoms with Gasteiger partial charge in [-0.15, -0.1) is 0 Å². The minimum Gasteiger partial charge on any atom is -0.473 e. The van der Waals surface area contributed by atoms with Gasteiger partial charge in [0.2, 0.25) is 0 Å². The maximum atomic E-state index is 11.2. The number of fused-ring (bicyclic) bond motifs is 1. The average Bonchev–Trinajstić information content (AvgIpc) is 2.37. The molecule has 5 heteroatoms. The second-order valence-corrected chi connectivity index (χ2v) is 9.79. The zero-order valence-corrected chi connectivity index (χ0v) is 11.0. The predicted molar refractivity (Wildman–Crippen MR) is 46.0 cm³/mol. The standard InChI is InChI=1S/C6H7NO2.2Al.4H/c8-6-7-3-1-2-5(7)4-9-6;;;;;;/h5H,1-3H2;;;;;;. The van der Waals surface area contributed by atoms with Crippen molar-refractivity contribution in [1.82, 2.24) is 4.90 Å². The predicted octanol–water partition coefficient (Wildman–Crippen LogP) is -1.48. The molecule has 1 unspecified atom stereocenters. The molecule has 0 aromatic carbocycles. The lowest BCUT2D eigenvalue weighted by Gasteiger charge is -2.23. The van der Waals surface area contributed by atoms with Crippen LogP contribution in [0.1, 0.15) is 12.8 Å². The van der Waals surface area contributed by atoms with E-state index in [-0.39, 0.29) is 9.42 Å². The molecule has 0 aromatic heterocycles. The van der Waals surface area contributed by atoms with Gasteiger partial charge in [-0.1, -0.05) is 0 Å². The van der Waals surface area contributed by atoms with Crippen molar-refractivity contribution in [3.63, 3.8) is 0 Å². The van der Waals surface area contributed by atoms with E-state index < -0.39 is 0 Å². The molecule has 2 saturated heterocycles. The Morgan fingerprint density at radius 2 is 2.36 bits per heavy atom. The number of amides is 1. The Bertz CT molecular complexity index is 207. The van der Waals surface area contributed by atoms with Crippen LogP contribution in [-0.4, -0.2) is 59.5 Å². The summed E-state index contributed by atoms with van der Waals surface area (Å²) in [5.74, 6) is 0. The minimum atomic E-state index is -0.0579. The topological polar surface area (TPSA) is 29.5 Å². The highest BCUT2D eigenvalue weighted by Crippen LogP contribution is 2.32. The van der Waals surface area contributed by atoms with Crippen LogP contribution in [0.4, 0.5) is 4.79 Å². The van der Waals surface area contributed by atoms with Gasteiger partial charge in [-0.3, -0.25) is 0 Å². The Hall–Kier alpha value is 0.335. The molecule has 2 heterocycles. The van der Waals surface area contributed by atoms with E-state index in [1.807, 2.05) is 4.90 Å². The van der Waals surface area contributed by atoms with Gasteiger partial charge < -0.3 is 9.64 Å². The number of cyclic esters (lactones) is 1. The number of carbonyl (C=O) groups excluding carboxylic acids is 1. The fraction of sp³-hybridized carbons (Fsp3) is 0.833. The summed E-state index contributed by atoms with van der Waals surface area (Å²) in [6.07, 6.45) is 2.28. The number of hydrogen-bond acceptors (Lipinski definition) is 2. The van der Waals surface area contributed by atoms with E-state index in [2.05, 4.69) is 0 Å². The fourth-order valence-corrected chi connectivity index (χ4v) is 3.61. The zero-order valence-electron chi connectivity index (χ0n) is 6.96. The molecular formula is C6H11Al2NO2. The molecule has 0 spiro atoms. The van der Waals surface area contributed by atoms with Crippen LogP contribution in [0.15, 0.2) is 0 Å². The van der Waals surface area contributed by atoms with Crippen LogP contribution in [0.3, 0.4) is 0 Å². The van der Waals surface area contributed by atoms with Crippen molar-refractivity contribution in [1.29, 1.82) is 0 Å². The molecule has 58 valence electrons. The highest BCUT2D eigenvalue weighted by Gasteiger charge is 2.48. The van der Waals surface area contributed by atoms with Crippen LogP contribution in [0.25, 0.3) is 0 Å². The molecule has 0 saturated carbocycles. The second kappa shape index (κ2) is 2.41. The van der Waals surface area contributed by atoms with Crippen LogP contribution in [-0.2, 0) is 4.74 Å². The molecule has 0 aromatic rings. The summed E-state index contributed by atoms with van der Waals surface area (Å²) in [5.41, 5.74) is 0. The van der Waals surface area contributed by atoms with Gasteiger partial charge in [0.05, 0.1) is 0 Å². The van der Waals surface area contributed by atoms with E-state index in [0.29, 0.717) is 6.04 Å². The number of nitrogens with zero attached hydrogens (tertiary/aromatic N) is 1. The first-order valence-electron chi connectivity index (χ1n) is 4.11. The summed E-state index contributed by atoms with van der Waals surface area (Å²) in [7, 11) is 0. The van der Waals surface area contributed by atoms with E-state index in [1.165, 1.54) is 12.8 Å². The molecule has 0 bridgehead atoms. The van der Waals surface area contributed by atoms with Crippen molar-refractivity contribution in [3.05, 3.63) is 0 Å². The van der Waals surface area contributed by atoms with Crippen molar-refractivity contribution < 1.29 is 9.53 Å². The molecule has 2 fully saturated rings. The molecule has 3 nitrogen and oxygen atoms in total. The van der Waals surface area contributed by atoms with Crippen LogP contribution < -0.4 is 0 Å². The summed E-state index contributed by atoms with van der Waals surface area (Å²) >= 11 is 2.00. The summed E-state index contributed by atoms with van der Waals surface area (Å²) < 4.78 is 5.35. The van der Waals surface area contributed by atoms with E-state index in [1.54, 1.807) is 0 Å². The normalized spacial score (nSPS) is 33.6. The molecule has 2 rings (SSSR count). The lowest BCUT2D eigenvalue weighted by Crippen LogP contribution is -2.43. The Kier molecular flexibility index (Phi) is 1.74. The number of ether oxygens (including phenoxy) is 1. The summed E-state index contributed by atoms with van der Waals surface area (Å²) in [5, 5.41) is 0. The molecule has 0 radical (unpaired) electrons. The summed E-state index contributed by atoms with van der Waals surface area (Å²) in [6.45, 7) is 0.926. The van der Waals surface area contributed by atoms with Gasteiger partial charge in [0.1, 0.15) is 0 Å². The summed E-state index contributed by atoms with van der Waals surface area (Å²) in [4.78, 5) is 13.1. The van der Waals surface area contributed by atoms with E-state index in [9.17, 15) is 4.79 Å². The highest BCUT2D eigenvalue weighted by molar-refractivity contribution is 6.40. The molecule has 0 aliphatic carbocycles. The van der Waals surface area contributed by atoms with E-state index >= 15 is 0 Å². The van der Waals surface area contributed by atoms with Gasteiger partial charge in [0.15, 0.2) is 0 Å².